The van der Waals surface area contributed by atoms with Gasteiger partial charge in [0, 0.05) is 0 Å². The summed E-state index contributed by atoms with van der Waals surface area (Å²) in [5.74, 6) is -0.809. The predicted octanol–water partition coefficient (Wildman–Crippen LogP) is 2.05. The number of hydrogen-bond acceptors (Lipinski definition) is 3. The number of aliphatic hydroxyl groups excluding tert-OH is 1. The molecule has 3 nitrogen and oxygen atoms in total. The molecule has 0 rings (SSSR count). The van der Waals surface area contributed by atoms with Crippen molar-refractivity contribution in [1.82, 2.24) is 0 Å². The van der Waals surface area contributed by atoms with Crippen LogP contribution in [0.5, 0.6) is 0 Å². The van der Waals surface area contributed by atoms with E-state index in [-0.39, 0.29) is 17.6 Å². The van der Waals surface area contributed by atoms with Crippen molar-refractivity contribution in [1.29, 1.82) is 0 Å². The van der Waals surface area contributed by atoms with Gasteiger partial charge in [-0.05, 0) is 38.3 Å². The molecular formula is C13H20O3. The summed E-state index contributed by atoms with van der Waals surface area (Å²) < 4.78 is 0. The van der Waals surface area contributed by atoms with Gasteiger partial charge in [0.2, 0.25) is 0 Å². The second-order valence-corrected chi connectivity index (χ2v) is 4.22. The third-order valence-electron chi connectivity index (χ3n) is 2.86. The first kappa shape index (κ1) is 14.8. The van der Waals surface area contributed by atoms with Crippen LogP contribution in [0.3, 0.4) is 0 Å². The minimum atomic E-state index is -1.42. The quantitative estimate of drug-likeness (QED) is 0.555. The molecule has 1 atom stereocenters. The van der Waals surface area contributed by atoms with Crippen molar-refractivity contribution in [3.8, 4) is 0 Å². The van der Waals surface area contributed by atoms with Gasteiger partial charge < -0.3 is 5.11 Å². The Kier molecular flexibility index (Phi) is 4.81. The molecule has 1 N–H and O–H groups in total. The lowest BCUT2D eigenvalue weighted by molar-refractivity contribution is -0.143. The predicted molar refractivity (Wildman–Crippen MR) is 64.0 cm³/mol. The van der Waals surface area contributed by atoms with Crippen LogP contribution in [0.2, 0.25) is 0 Å². The molecule has 0 aromatic carbocycles. The molecule has 0 aromatic heterocycles. The SMILES string of the molecule is C=C(C)C(=O)C(CC)(C(=O)C(=C)C)C(C)O. The molecular weight excluding hydrogens is 204 g/mol. The van der Waals surface area contributed by atoms with Gasteiger partial charge in [0.15, 0.2) is 11.6 Å². The van der Waals surface area contributed by atoms with Crippen LogP contribution in [0, 0.1) is 5.41 Å². The molecule has 0 heterocycles. The van der Waals surface area contributed by atoms with Gasteiger partial charge in [0.1, 0.15) is 5.41 Å². The van der Waals surface area contributed by atoms with Crippen molar-refractivity contribution >= 4 is 11.6 Å². The highest BCUT2D eigenvalue weighted by Crippen LogP contribution is 2.33. The van der Waals surface area contributed by atoms with Crippen molar-refractivity contribution in [2.24, 2.45) is 5.41 Å². The highest BCUT2D eigenvalue weighted by atomic mass is 16.3. The maximum absolute atomic E-state index is 12.1. The summed E-state index contributed by atoms with van der Waals surface area (Å²) in [5, 5.41) is 9.78. The van der Waals surface area contributed by atoms with E-state index in [1.54, 1.807) is 20.8 Å². The number of hydrogen-bond donors (Lipinski definition) is 1. The van der Waals surface area contributed by atoms with Gasteiger partial charge in [0.05, 0.1) is 6.10 Å². The van der Waals surface area contributed by atoms with Gasteiger partial charge in [-0.1, -0.05) is 20.1 Å². The smallest absolute Gasteiger partial charge is 0.174 e. The average molecular weight is 224 g/mol. The van der Waals surface area contributed by atoms with E-state index in [0.717, 1.165) is 0 Å². The summed E-state index contributed by atoms with van der Waals surface area (Å²) in [6.07, 6.45) is -0.812. The van der Waals surface area contributed by atoms with Crippen LogP contribution >= 0.6 is 0 Å². The zero-order valence-corrected chi connectivity index (χ0v) is 10.5. The zero-order valence-electron chi connectivity index (χ0n) is 10.5. The van der Waals surface area contributed by atoms with Crippen LogP contribution < -0.4 is 0 Å². The highest BCUT2D eigenvalue weighted by molar-refractivity contribution is 6.19. The Bertz CT molecular complexity index is 311. The number of rotatable bonds is 6. The summed E-state index contributed by atoms with van der Waals surface area (Å²) in [4.78, 5) is 24.1. The third kappa shape index (κ3) is 2.30. The molecule has 1 unspecified atom stereocenters. The van der Waals surface area contributed by atoms with Crippen molar-refractivity contribution in [2.45, 2.75) is 40.2 Å². The van der Waals surface area contributed by atoms with Crippen LogP contribution in [-0.4, -0.2) is 22.8 Å². The van der Waals surface area contributed by atoms with Crippen LogP contribution in [0.4, 0.5) is 0 Å². The normalized spacial score (nSPS) is 13.1. The lowest BCUT2D eigenvalue weighted by Crippen LogP contribution is -2.48. The summed E-state index contributed by atoms with van der Waals surface area (Å²) >= 11 is 0. The third-order valence-corrected chi connectivity index (χ3v) is 2.86. The number of Topliss-reactive ketones (excluding diaryl/α,β-unsaturated/α-hetero) is 2. The number of aliphatic hydroxyl groups is 1. The first-order valence-electron chi connectivity index (χ1n) is 5.30. The molecule has 0 saturated heterocycles. The molecule has 0 aliphatic carbocycles. The van der Waals surface area contributed by atoms with E-state index < -0.39 is 23.1 Å². The highest BCUT2D eigenvalue weighted by Gasteiger charge is 2.47. The largest absolute Gasteiger partial charge is 0.392 e. The molecule has 0 aliphatic rings. The lowest BCUT2D eigenvalue weighted by atomic mass is 9.69. The standard InChI is InChI=1S/C13H20O3/c1-7-13(10(6)14,11(15)8(2)3)12(16)9(4)5/h10,14H,2,4,7H2,1,3,5-6H3. The second kappa shape index (κ2) is 5.21. The minimum Gasteiger partial charge on any atom is -0.392 e. The topological polar surface area (TPSA) is 54.4 Å². The van der Waals surface area contributed by atoms with Gasteiger partial charge in [0.25, 0.3) is 0 Å². The van der Waals surface area contributed by atoms with E-state index in [0.29, 0.717) is 0 Å². The number of allylic oxidation sites excluding steroid dienone is 2. The van der Waals surface area contributed by atoms with Crippen molar-refractivity contribution in [3.63, 3.8) is 0 Å². The molecule has 0 aliphatic heterocycles. The Morgan fingerprint density at radius 3 is 1.62 bits per heavy atom. The Balaban J connectivity index is 5.68. The van der Waals surface area contributed by atoms with Gasteiger partial charge in [-0.2, -0.15) is 0 Å². The summed E-state index contributed by atoms with van der Waals surface area (Å²) in [6.45, 7) is 13.3. The molecule has 0 fully saturated rings. The van der Waals surface area contributed by atoms with Crippen molar-refractivity contribution in [2.75, 3.05) is 0 Å². The molecule has 90 valence electrons. The van der Waals surface area contributed by atoms with Crippen LogP contribution in [0.25, 0.3) is 0 Å². The Morgan fingerprint density at radius 1 is 1.19 bits per heavy atom. The van der Waals surface area contributed by atoms with E-state index in [4.69, 9.17) is 0 Å². The van der Waals surface area contributed by atoms with Crippen LogP contribution in [-0.2, 0) is 9.59 Å². The Morgan fingerprint density at radius 2 is 1.50 bits per heavy atom. The fraction of sp³-hybridized carbons (Fsp3) is 0.538. The van der Waals surface area contributed by atoms with E-state index in [1.165, 1.54) is 6.92 Å². The van der Waals surface area contributed by atoms with E-state index in [1.807, 2.05) is 0 Å². The van der Waals surface area contributed by atoms with Gasteiger partial charge in [-0.15, -0.1) is 0 Å². The molecule has 0 saturated carbocycles. The molecule has 16 heavy (non-hydrogen) atoms. The van der Waals surface area contributed by atoms with E-state index >= 15 is 0 Å². The molecule has 0 aromatic rings. The average Bonchev–Trinajstić information content (AvgIpc) is 2.18. The first-order chi connectivity index (χ1) is 7.21. The maximum Gasteiger partial charge on any atom is 0.174 e. The number of carbonyl (C=O) groups is 2. The molecule has 0 spiro atoms. The summed E-state index contributed by atoms with van der Waals surface area (Å²) in [6, 6.07) is 0. The van der Waals surface area contributed by atoms with Crippen molar-refractivity contribution < 1.29 is 14.7 Å². The lowest BCUT2D eigenvalue weighted by Gasteiger charge is -2.32. The monoisotopic (exact) mass is 224 g/mol. The molecule has 3 heteroatoms. The van der Waals surface area contributed by atoms with Crippen LogP contribution in [0.1, 0.15) is 34.1 Å². The van der Waals surface area contributed by atoms with Gasteiger partial charge >= 0.3 is 0 Å². The van der Waals surface area contributed by atoms with Gasteiger partial charge in [-0.25, -0.2) is 0 Å². The maximum atomic E-state index is 12.1. The Hall–Kier alpha value is -1.22. The first-order valence-corrected chi connectivity index (χ1v) is 5.30. The summed E-state index contributed by atoms with van der Waals surface area (Å²) in [5.41, 5.74) is -0.868. The number of ketones is 2. The Labute approximate surface area is 96.9 Å². The van der Waals surface area contributed by atoms with Crippen LogP contribution in [0.15, 0.2) is 24.3 Å². The van der Waals surface area contributed by atoms with E-state index in [2.05, 4.69) is 13.2 Å². The second-order valence-electron chi connectivity index (χ2n) is 4.22. The summed E-state index contributed by atoms with van der Waals surface area (Å²) in [7, 11) is 0. The van der Waals surface area contributed by atoms with Crippen molar-refractivity contribution in [3.05, 3.63) is 24.3 Å². The van der Waals surface area contributed by atoms with Gasteiger partial charge in [-0.3, -0.25) is 9.59 Å². The minimum absolute atomic E-state index is 0.238. The zero-order chi connectivity index (χ0) is 13.1. The molecule has 0 amide bonds. The fourth-order valence-corrected chi connectivity index (χ4v) is 1.86. The number of carbonyl (C=O) groups excluding carboxylic acids is 2. The molecule has 0 radical (unpaired) electrons. The molecule has 0 bridgehead atoms. The van der Waals surface area contributed by atoms with E-state index in [9.17, 15) is 14.7 Å². The fourth-order valence-electron chi connectivity index (χ4n) is 1.86.